The fourth-order valence-corrected chi connectivity index (χ4v) is 9.99. The molecule has 0 aromatic heterocycles. The molecule has 0 aromatic carbocycles. The van der Waals surface area contributed by atoms with E-state index in [9.17, 15) is 20.4 Å². The van der Waals surface area contributed by atoms with Gasteiger partial charge in [-0.15, -0.1) is 0 Å². The molecular weight excluding hydrogens is 504 g/mol. The van der Waals surface area contributed by atoms with E-state index in [1.165, 1.54) is 49.7 Å². The zero-order valence-corrected chi connectivity index (χ0v) is 25.6. The summed E-state index contributed by atoms with van der Waals surface area (Å²) in [6, 6.07) is 0. The summed E-state index contributed by atoms with van der Waals surface area (Å²) in [5.74, 6) is 4.44. The largest absolute Gasteiger partial charge is 0.394 e. The van der Waals surface area contributed by atoms with Crippen LogP contribution in [-0.2, 0) is 9.47 Å². The molecule has 1 saturated heterocycles. The van der Waals surface area contributed by atoms with Crippen molar-refractivity contribution in [3.05, 3.63) is 23.8 Å². The zero-order valence-electron chi connectivity index (χ0n) is 25.6. The number of rotatable bonds is 8. The summed E-state index contributed by atoms with van der Waals surface area (Å²) in [5.41, 5.74) is 3.54. The van der Waals surface area contributed by atoms with Crippen molar-refractivity contribution in [2.24, 2.45) is 46.3 Å². The van der Waals surface area contributed by atoms with E-state index < -0.39 is 37.3 Å². The zero-order chi connectivity index (χ0) is 29.0. The molecule has 40 heavy (non-hydrogen) atoms. The number of hydrogen-bond donors (Lipinski definition) is 4. The smallest absolute Gasteiger partial charge is 0.186 e. The third-order valence-corrected chi connectivity index (χ3v) is 12.7. The fourth-order valence-electron chi connectivity index (χ4n) is 9.99. The molecule has 0 amide bonds. The van der Waals surface area contributed by atoms with Crippen LogP contribution < -0.4 is 0 Å². The lowest BCUT2D eigenvalue weighted by Gasteiger charge is -2.58. The van der Waals surface area contributed by atoms with E-state index in [0.717, 1.165) is 49.4 Å². The number of hydrogen-bond acceptors (Lipinski definition) is 6. The molecule has 4 aliphatic carbocycles. The van der Waals surface area contributed by atoms with Crippen LogP contribution in [-0.4, -0.2) is 63.8 Å². The Kier molecular flexibility index (Phi) is 9.00. The highest BCUT2D eigenvalue weighted by Gasteiger charge is 2.59. The van der Waals surface area contributed by atoms with Crippen LogP contribution in [0.4, 0.5) is 0 Å². The summed E-state index contributed by atoms with van der Waals surface area (Å²) in [5, 5.41) is 40.3. The SMILES string of the molecule is C=C(CCC(C)C1CCC2C3CC=C4CC(OC5OC(CO)C(O)C(O)C5O)CCC4(C)C3CCC12C)C(C)C. The minimum Gasteiger partial charge on any atom is -0.394 e. The Bertz CT molecular complexity index is 945. The molecule has 3 saturated carbocycles. The van der Waals surface area contributed by atoms with Crippen LogP contribution in [0.3, 0.4) is 0 Å². The fraction of sp³-hybridized carbons (Fsp3) is 0.882. The van der Waals surface area contributed by atoms with Crippen LogP contribution in [0.1, 0.15) is 98.8 Å². The Morgan fingerprint density at radius 1 is 1.02 bits per heavy atom. The monoisotopic (exact) mass is 560 g/mol. The minimum atomic E-state index is -1.40. The third-order valence-electron chi connectivity index (χ3n) is 12.7. The number of aliphatic hydroxyl groups is 4. The van der Waals surface area contributed by atoms with Crippen molar-refractivity contribution in [3.63, 3.8) is 0 Å². The second kappa shape index (κ2) is 11.7. The van der Waals surface area contributed by atoms with Crippen LogP contribution in [0.2, 0.25) is 0 Å². The molecule has 0 bridgehead atoms. The second-order valence-corrected chi connectivity index (χ2v) is 15.0. The predicted octanol–water partition coefficient (Wildman–Crippen LogP) is 5.38. The summed E-state index contributed by atoms with van der Waals surface area (Å²) in [4.78, 5) is 0. The van der Waals surface area contributed by atoms with Gasteiger partial charge in [0.15, 0.2) is 6.29 Å². The molecule has 4 N–H and O–H groups in total. The van der Waals surface area contributed by atoms with Crippen LogP contribution in [0.15, 0.2) is 23.8 Å². The van der Waals surface area contributed by atoms with Gasteiger partial charge in [0.05, 0.1) is 12.7 Å². The van der Waals surface area contributed by atoms with Gasteiger partial charge < -0.3 is 29.9 Å². The van der Waals surface area contributed by atoms with E-state index in [2.05, 4.69) is 47.3 Å². The molecule has 0 radical (unpaired) electrons. The average molecular weight is 561 g/mol. The first kappa shape index (κ1) is 30.7. The first-order chi connectivity index (χ1) is 18.9. The summed E-state index contributed by atoms with van der Waals surface area (Å²) in [6.07, 6.45) is 8.09. The van der Waals surface area contributed by atoms with Gasteiger partial charge in [0, 0.05) is 0 Å². The van der Waals surface area contributed by atoms with E-state index in [1.54, 1.807) is 0 Å². The average Bonchev–Trinajstić information content (AvgIpc) is 3.29. The van der Waals surface area contributed by atoms with E-state index in [4.69, 9.17) is 9.47 Å². The standard InChI is InChI=1S/C34H56O6/c1-19(2)20(3)7-8-21(4)25-11-12-26-24-10-9-22-17-23(13-15-33(22,5)27(24)14-16-34(25,26)6)39-32-31(38)30(37)29(36)28(18-35)40-32/h9,19,21,23-32,35-38H,3,7-8,10-18H2,1-2,4-6H3. The maximum absolute atomic E-state index is 10.5. The van der Waals surface area contributed by atoms with E-state index in [1.807, 2.05) is 0 Å². The molecule has 13 unspecified atom stereocenters. The van der Waals surface area contributed by atoms with Gasteiger partial charge >= 0.3 is 0 Å². The van der Waals surface area contributed by atoms with Gasteiger partial charge in [-0.1, -0.05) is 58.4 Å². The lowest BCUT2D eigenvalue weighted by atomic mass is 9.47. The molecule has 5 rings (SSSR count). The quantitative estimate of drug-likeness (QED) is 0.298. The van der Waals surface area contributed by atoms with E-state index in [-0.39, 0.29) is 11.5 Å². The van der Waals surface area contributed by atoms with Crippen LogP contribution >= 0.6 is 0 Å². The second-order valence-electron chi connectivity index (χ2n) is 15.0. The summed E-state index contributed by atoms with van der Waals surface area (Å²) >= 11 is 0. The molecule has 0 aromatic rings. The van der Waals surface area contributed by atoms with Crippen LogP contribution in [0.25, 0.3) is 0 Å². The van der Waals surface area contributed by atoms with Gasteiger partial charge in [0.25, 0.3) is 0 Å². The molecule has 5 aliphatic rings. The molecular formula is C34H56O6. The number of ether oxygens (including phenoxy) is 2. The first-order valence-corrected chi connectivity index (χ1v) is 16.2. The molecule has 1 aliphatic heterocycles. The summed E-state index contributed by atoms with van der Waals surface area (Å²) in [7, 11) is 0. The van der Waals surface area contributed by atoms with Crippen molar-refractivity contribution >= 4 is 0 Å². The molecule has 1 heterocycles. The minimum absolute atomic E-state index is 0.108. The number of allylic oxidation sites excluding steroid dienone is 2. The maximum Gasteiger partial charge on any atom is 0.186 e. The third kappa shape index (κ3) is 5.28. The van der Waals surface area contributed by atoms with Gasteiger partial charge in [0.1, 0.15) is 24.4 Å². The Labute approximate surface area is 242 Å². The van der Waals surface area contributed by atoms with Crippen molar-refractivity contribution in [2.75, 3.05) is 6.61 Å². The highest BCUT2D eigenvalue weighted by molar-refractivity contribution is 5.25. The van der Waals surface area contributed by atoms with Crippen molar-refractivity contribution in [1.82, 2.24) is 0 Å². The molecule has 228 valence electrons. The Balaban J connectivity index is 1.24. The normalized spacial score (nSPS) is 47.7. The van der Waals surface area contributed by atoms with E-state index >= 15 is 0 Å². The summed E-state index contributed by atoms with van der Waals surface area (Å²) < 4.78 is 11.9. The number of fused-ring (bicyclic) bond motifs is 5. The van der Waals surface area contributed by atoms with Gasteiger partial charge in [-0.3, -0.25) is 0 Å². The molecule has 13 atom stereocenters. The summed E-state index contributed by atoms with van der Waals surface area (Å²) in [6.45, 7) is 16.1. The van der Waals surface area contributed by atoms with Crippen molar-refractivity contribution in [3.8, 4) is 0 Å². The number of aliphatic hydroxyl groups excluding tert-OH is 4. The Hall–Kier alpha value is -0.760. The Morgan fingerprint density at radius 2 is 1.77 bits per heavy atom. The predicted molar refractivity (Wildman–Crippen MR) is 156 cm³/mol. The lowest BCUT2D eigenvalue weighted by molar-refractivity contribution is -0.313. The van der Waals surface area contributed by atoms with Gasteiger partial charge in [-0.25, -0.2) is 0 Å². The molecule has 6 nitrogen and oxygen atoms in total. The first-order valence-electron chi connectivity index (χ1n) is 16.2. The highest BCUT2D eigenvalue weighted by Crippen LogP contribution is 2.67. The van der Waals surface area contributed by atoms with Crippen molar-refractivity contribution in [2.45, 2.75) is 136 Å². The molecule has 6 heteroatoms. The van der Waals surface area contributed by atoms with Crippen molar-refractivity contribution in [1.29, 1.82) is 0 Å². The van der Waals surface area contributed by atoms with Gasteiger partial charge in [-0.05, 0) is 111 Å². The topological polar surface area (TPSA) is 99.4 Å². The molecule has 4 fully saturated rings. The van der Waals surface area contributed by atoms with Crippen molar-refractivity contribution < 1.29 is 29.9 Å². The highest BCUT2D eigenvalue weighted by atomic mass is 16.7. The molecule has 0 spiro atoms. The van der Waals surface area contributed by atoms with E-state index in [0.29, 0.717) is 17.3 Å². The maximum atomic E-state index is 10.5. The Morgan fingerprint density at radius 3 is 2.48 bits per heavy atom. The van der Waals surface area contributed by atoms with Gasteiger partial charge in [-0.2, -0.15) is 0 Å². The lowest BCUT2D eigenvalue weighted by Crippen LogP contribution is -2.60. The van der Waals surface area contributed by atoms with Crippen LogP contribution in [0, 0.1) is 46.3 Å². The van der Waals surface area contributed by atoms with Crippen LogP contribution in [0.5, 0.6) is 0 Å². The van der Waals surface area contributed by atoms with Gasteiger partial charge in [0.2, 0.25) is 0 Å².